The molecule has 1 aromatic rings. The first-order valence-electron chi connectivity index (χ1n) is 10.8. The maximum atomic E-state index is 13.7. The molecule has 1 fully saturated rings. The zero-order chi connectivity index (χ0) is 26.9. The van der Waals surface area contributed by atoms with Crippen molar-refractivity contribution in [1.82, 2.24) is 4.90 Å². The van der Waals surface area contributed by atoms with E-state index in [9.17, 15) is 39.6 Å². The van der Waals surface area contributed by atoms with Gasteiger partial charge in [0.25, 0.3) is 5.91 Å². The molecule has 0 aromatic heterocycles. The molecular formula is C23H24ClN3O9. The predicted molar refractivity (Wildman–Crippen MR) is 125 cm³/mol. The Hall–Kier alpha value is -3.61. The maximum Gasteiger partial charge on any atom is 0.411 e. The van der Waals surface area contributed by atoms with Gasteiger partial charge in [-0.1, -0.05) is 11.6 Å². The number of nitrogens with two attached hydrogens (primary N) is 1. The molecule has 0 radical (unpaired) electrons. The van der Waals surface area contributed by atoms with Crippen LogP contribution in [0.5, 0.6) is 5.75 Å². The van der Waals surface area contributed by atoms with E-state index in [-0.39, 0.29) is 34.7 Å². The first-order chi connectivity index (χ1) is 16.8. The standard InChI is InChI=1S/C23H24ClN3O9/c1-27(2)15-9-5-7-4-8-6-10(24)14(26-22(34)36-3)17(29)11(8)16(28)12(7)19(31)23(9,35)20(32)13(18(15)30)21(25)33/h6-7,9,15,28-29,32,35H,4-5H2,1-3H3,(H2,25,33)(H,26,34). The lowest BCUT2D eigenvalue weighted by Gasteiger charge is -2.50. The number of nitrogens with one attached hydrogen (secondary N) is 1. The third kappa shape index (κ3) is 3.36. The van der Waals surface area contributed by atoms with Gasteiger partial charge in [-0.15, -0.1) is 0 Å². The number of methoxy groups -OCH3 is 1. The van der Waals surface area contributed by atoms with Gasteiger partial charge in [0.05, 0.1) is 23.7 Å². The number of anilines is 1. The summed E-state index contributed by atoms with van der Waals surface area (Å²) in [6.07, 6.45) is -0.929. The number of primary amides is 1. The molecule has 4 atom stereocenters. The van der Waals surface area contributed by atoms with Crippen molar-refractivity contribution in [1.29, 1.82) is 0 Å². The van der Waals surface area contributed by atoms with E-state index in [0.717, 1.165) is 7.11 Å². The number of halogens is 1. The molecule has 0 aliphatic heterocycles. The average molecular weight is 522 g/mol. The Labute approximate surface area is 209 Å². The van der Waals surface area contributed by atoms with Crippen molar-refractivity contribution in [3.8, 4) is 5.75 Å². The molecule has 2 amide bonds. The molecule has 4 unspecified atom stereocenters. The summed E-state index contributed by atoms with van der Waals surface area (Å²) in [6, 6.07) is 0.226. The molecule has 3 aliphatic carbocycles. The van der Waals surface area contributed by atoms with Crippen LogP contribution in [-0.2, 0) is 25.5 Å². The largest absolute Gasteiger partial charge is 0.508 e. The highest BCUT2D eigenvalue weighted by Crippen LogP contribution is 2.54. The second-order valence-electron chi connectivity index (χ2n) is 9.19. The molecule has 12 nitrogen and oxygen atoms in total. The number of likely N-dealkylation sites (N-methyl/N-ethyl adjacent to an activating group) is 1. The number of phenolic OH excluding ortho intramolecular Hbond substituents is 1. The van der Waals surface area contributed by atoms with Crippen molar-refractivity contribution in [2.24, 2.45) is 17.6 Å². The van der Waals surface area contributed by atoms with Crippen molar-refractivity contribution in [2.45, 2.75) is 24.5 Å². The van der Waals surface area contributed by atoms with E-state index in [1.807, 2.05) is 0 Å². The minimum absolute atomic E-state index is 0.0493. The van der Waals surface area contributed by atoms with Crippen LogP contribution < -0.4 is 11.1 Å². The number of aliphatic hydroxyl groups excluding tert-OH is 2. The molecule has 0 spiro atoms. The van der Waals surface area contributed by atoms with Crippen molar-refractivity contribution >= 4 is 46.6 Å². The van der Waals surface area contributed by atoms with Gasteiger partial charge in [-0.25, -0.2) is 4.79 Å². The fraction of sp³-hybridized carbons (Fsp3) is 0.391. The van der Waals surface area contributed by atoms with E-state index in [2.05, 4.69) is 10.1 Å². The summed E-state index contributed by atoms with van der Waals surface area (Å²) in [5.74, 6) is -7.72. The van der Waals surface area contributed by atoms with Gasteiger partial charge < -0.3 is 30.9 Å². The summed E-state index contributed by atoms with van der Waals surface area (Å²) in [6.45, 7) is 0. The summed E-state index contributed by atoms with van der Waals surface area (Å²) in [7, 11) is 4.12. The van der Waals surface area contributed by atoms with Crippen molar-refractivity contribution in [3.05, 3.63) is 39.1 Å². The Bertz CT molecular complexity index is 1300. The highest BCUT2D eigenvalue weighted by Gasteiger charge is 2.64. The van der Waals surface area contributed by atoms with Crippen LogP contribution in [0.1, 0.15) is 17.5 Å². The van der Waals surface area contributed by atoms with Crippen LogP contribution in [0.4, 0.5) is 10.5 Å². The van der Waals surface area contributed by atoms with Crippen LogP contribution in [0.2, 0.25) is 5.02 Å². The number of carbonyl (C=O) groups excluding carboxylic acids is 4. The average Bonchev–Trinajstić information content (AvgIpc) is 2.78. The van der Waals surface area contributed by atoms with E-state index in [1.54, 1.807) is 0 Å². The molecule has 3 aliphatic rings. The van der Waals surface area contributed by atoms with E-state index < -0.39 is 69.9 Å². The Morgan fingerprint density at radius 2 is 1.89 bits per heavy atom. The molecule has 1 saturated carbocycles. The van der Waals surface area contributed by atoms with Crippen LogP contribution in [0.3, 0.4) is 0 Å². The minimum Gasteiger partial charge on any atom is -0.508 e. The fourth-order valence-electron chi connectivity index (χ4n) is 5.54. The molecule has 0 saturated heterocycles. The lowest BCUT2D eigenvalue weighted by atomic mass is 9.57. The van der Waals surface area contributed by atoms with Crippen LogP contribution in [0, 0.1) is 11.8 Å². The smallest absolute Gasteiger partial charge is 0.411 e. The van der Waals surface area contributed by atoms with E-state index in [4.69, 9.17) is 17.3 Å². The number of fused-ring (bicyclic) bond motifs is 3. The summed E-state index contributed by atoms with van der Waals surface area (Å²) in [5.41, 5.74) is 1.21. The maximum absolute atomic E-state index is 13.7. The second kappa shape index (κ2) is 8.50. The van der Waals surface area contributed by atoms with Gasteiger partial charge in [0.1, 0.15) is 22.8 Å². The lowest BCUT2D eigenvalue weighted by molar-refractivity contribution is -0.153. The molecule has 4 rings (SSSR count). The minimum atomic E-state index is -2.74. The second-order valence-corrected chi connectivity index (χ2v) is 9.60. The summed E-state index contributed by atoms with van der Waals surface area (Å²) >= 11 is 6.23. The van der Waals surface area contributed by atoms with Gasteiger partial charge in [-0.2, -0.15) is 0 Å². The molecule has 13 heteroatoms. The van der Waals surface area contributed by atoms with Crippen molar-refractivity contribution < 1.29 is 44.3 Å². The van der Waals surface area contributed by atoms with E-state index in [1.165, 1.54) is 25.1 Å². The zero-order valence-corrected chi connectivity index (χ0v) is 20.2. The molecule has 36 heavy (non-hydrogen) atoms. The first-order valence-corrected chi connectivity index (χ1v) is 11.2. The van der Waals surface area contributed by atoms with Crippen molar-refractivity contribution in [3.63, 3.8) is 0 Å². The first kappa shape index (κ1) is 25.5. The van der Waals surface area contributed by atoms with Crippen LogP contribution >= 0.6 is 11.6 Å². The van der Waals surface area contributed by atoms with Gasteiger partial charge in [-0.3, -0.25) is 24.6 Å². The van der Waals surface area contributed by atoms with Gasteiger partial charge in [0.2, 0.25) is 5.78 Å². The normalized spacial score (nSPS) is 27.4. The predicted octanol–water partition coefficient (Wildman–Crippen LogP) is 0.796. The van der Waals surface area contributed by atoms with E-state index >= 15 is 0 Å². The number of Topliss-reactive ketones (excluding diaryl/α,β-unsaturated/α-hetero) is 2. The Morgan fingerprint density at radius 1 is 1.25 bits per heavy atom. The molecular weight excluding hydrogens is 498 g/mol. The number of ether oxygens (including phenoxy) is 1. The number of aliphatic hydroxyl groups is 3. The Morgan fingerprint density at radius 3 is 2.44 bits per heavy atom. The molecule has 1 aromatic carbocycles. The molecule has 0 heterocycles. The van der Waals surface area contributed by atoms with Crippen LogP contribution in [0.25, 0.3) is 5.76 Å². The summed E-state index contributed by atoms with van der Waals surface area (Å²) in [5, 5.41) is 46.5. The lowest BCUT2D eigenvalue weighted by Crippen LogP contribution is -2.65. The Balaban J connectivity index is 1.94. The third-order valence-corrected chi connectivity index (χ3v) is 7.37. The van der Waals surface area contributed by atoms with Crippen molar-refractivity contribution in [2.75, 3.05) is 26.5 Å². The number of hydrogen-bond acceptors (Lipinski definition) is 10. The van der Waals surface area contributed by atoms with Gasteiger partial charge in [0.15, 0.2) is 17.1 Å². The third-order valence-electron chi connectivity index (χ3n) is 7.08. The van der Waals surface area contributed by atoms with Crippen LogP contribution in [0.15, 0.2) is 23.0 Å². The number of phenols is 1. The fourth-order valence-corrected chi connectivity index (χ4v) is 5.80. The van der Waals surface area contributed by atoms with Gasteiger partial charge >= 0.3 is 6.09 Å². The number of ketones is 2. The number of carbonyl (C=O) groups is 4. The summed E-state index contributed by atoms with van der Waals surface area (Å²) in [4.78, 5) is 51.9. The molecule has 7 N–H and O–H groups in total. The quantitative estimate of drug-likeness (QED) is 0.244. The Kier molecular flexibility index (Phi) is 6.02. The SMILES string of the molecule is COC(=O)Nc1c(Cl)cc2c(c1O)C(O)=C1C(=O)C3(O)C(O)=C(C(N)=O)C(=O)C(N(C)C)C3CC1C2. The van der Waals surface area contributed by atoms with Gasteiger partial charge in [-0.05, 0) is 44.5 Å². The number of amides is 2. The van der Waals surface area contributed by atoms with Crippen LogP contribution in [-0.4, -0.2) is 81.7 Å². The molecule has 192 valence electrons. The number of aromatic hydroxyl groups is 1. The number of rotatable bonds is 3. The van der Waals surface area contributed by atoms with Gasteiger partial charge in [0, 0.05) is 11.5 Å². The number of benzene rings is 1. The zero-order valence-electron chi connectivity index (χ0n) is 19.5. The molecule has 0 bridgehead atoms. The number of nitrogens with zero attached hydrogens (tertiary/aromatic N) is 1. The monoisotopic (exact) mass is 521 g/mol. The highest BCUT2D eigenvalue weighted by atomic mass is 35.5. The highest BCUT2D eigenvalue weighted by molar-refractivity contribution is 6.34. The topological polar surface area (TPSA) is 200 Å². The van der Waals surface area contributed by atoms with E-state index in [0.29, 0.717) is 5.56 Å². The summed E-state index contributed by atoms with van der Waals surface area (Å²) < 4.78 is 4.51. The number of hydrogen-bond donors (Lipinski definition) is 6.